The molecule has 0 unspecified atom stereocenters. The maximum Gasteiger partial charge on any atom is 0.227 e. The van der Waals surface area contributed by atoms with Crippen molar-refractivity contribution in [2.45, 2.75) is 33.2 Å². The van der Waals surface area contributed by atoms with Crippen LogP contribution in [0.2, 0.25) is 0 Å². The molecule has 0 fully saturated rings. The Kier molecular flexibility index (Phi) is 5.15. The quantitative estimate of drug-likeness (QED) is 0.817. The zero-order valence-corrected chi connectivity index (χ0v) is 13.1. The summed E-state index contributed by atoms with van der Waals surface area (Å²) in [6.45, 7) is 4.86. The van der Waals surface area contributed by atoms with Crippen LogP contribution in [0.15, 0.2) is 48.5 Å². The maximum atomic E-state index is 12.3. The maximum absolute atomic E-state index is 12.3. The Bertz CT molecular complexity index is 584. The van der Waals surface area contributed by atoms with E-state index < -0.39 is 0 Å². The molecule has 0 N–H and O–H groups in total. The van der Waals surface area contributed by atoms with Gasteiger partial charge in [-0.3, -0.25) is 4.79 Å². The average Bonchev–Trinajstić information content (AvgIpc) is 2.50. The molecule has 0 atom stereocenters. The van der Waals surface area contributed by atoms with Crippen LogP contribution in [0.1, 0.15) is 29.2 Å². The summed E-state index contributed by atoms with van der Waals surface area (Å²) in [5.41, 5.74) is 4.79. The van der Waals surface area contributed by atoms with Crippen LogP contribution >= 0.6 is 0 Å². The highest BCUT2D eigenvalue weighted by Gasteiger charge is 2.10. The van der Waals surface area contributed by atoms with Crippen molar-refractivity contribution in [1.29, 1.82) is 0 Å². The molecule has 0 radical (unpaired) electrons. The molecule has 21 heavy (non-hydrogen) atoms. The highest BCUT2D eigenvalue weighted by atomic mass is 16.2. The molecule has 0 aliphatic rings. The molecule has 0 bridgehead atoms. The largest absolute Gasteiger partial charge is 0.341 e. The summed E-state index contributed by atoms with van der Waals surface area (Å²) in [5, 5.41) is 0. The molecule has 0 aliphatic carbocycles. The lowest BCUT2D eigenvalue weighted by molar-refractivity contribution is -0.129. The van der Waals surface area contributed by atoms with Crippen LogP contribution in [0.25, 0.3) is 0 Å². The van der Waals surface area contributed by atoms with Gasteiger partial charge in [0, 0.05) is 13.6 Å². The number of nitrogens with zero attached hydrogens (tertiary/aromatic N) is 1. The monoisotopic (exact) mass is 281 g/mol. The highest BCUT2D eigenvalue weighted by molar-refractivity contribution is 5.78. The van der Waals surface area contributed by atoms with Crippen molar-refractivity contribution in [3.05, 3.63) is 70.8 Å². The molecule has 1 amide bonds. The van der Waals surface area contributed by atoms with E-state index in [1.807, 2.05) is 7.05 Å². The van der Waals surface area contributed by atoms with Crippen molar-refractivity contribution >= 4 is 5.91 Å². The van der Waals surface area contributed by atoms with Gasteiger partial charge in [-0.05, 0) is 30.0 Å². The summed E-state index contributed by atoms with van der Waals surface area (Å²) in [6.07, 6.45) is 1.49. The van der Waals surface area contributed by atoms with E-state index in [1.54, 1.807) is 4.90 Å². The van der Waals surface area contributed by atoms with Gasteiger partial charge in [0.15, 0.2) is 0 Å². The fraction of sp³-hybridized carbons (Fsp3) is 0.316. The van der Waals surface area contributed by atoms with E-state index in [2.05, 4.69) is 62.4 Å². The number of likely N-dealkylation sites (N-methyl/N-ethyl adjacent to an activating group) is 1. The molecule has 0 aromatic heterocycles. The summed E-state index contributed by atoms with van der Waals surface area (Å²) in [5.74, 6) is 0.153. The molecule has 2 heteroatoms. The Hall–Kier alpha value is -2.09. The lowest BCUT2D eigenvalue weighted by Crippen LogP contribution is -2.27. The number of hydrogen-bond donors (Lipinski definition) is 0. The molecule has 2 rings (SSSR count). The van der Waals surface area contributed by atoms with E-state index in [4.69, 9.17) is 0 Å². The Balaban J connectivity index is 1.93. The number of amides is 1. The summed E-state index contributed by atoms with van der Waals surface area (Å²) in [7, 11) is 1.86. The minimum atomic E-state index is 0.153. The van der Waals surface area contributed by atoms with Gasteiger partial charge in [0.2, 0.25) is 5.91 Å². The summed E-state index contributed by atoms with van der Waals surface area (Å²) in [4.78, 5) is 14.1. The van der Waals surface area contributed by atoms with Gasteiger partial charge in [-0.25, -0.2) is 0 Å². The third kappa shape index (κ3) is 4.45. The Morgan fingerprint density at radius 1 is 0.905 bits per heavy atom. The SMILES string of the molecule is CCc1ccc(CC(=O)N(C)Cc2ccc(C)cc2)cc1. The molecule has 0 aliphatic heterocycles. The molecule has 2 aromatic carbocycles. The first kappa shape index (κ1) is 15.3. The van der Waals surface area contributed by atoms with Gasteiger partial charge in [-0.1, -0.05) is 61.0 Å². The van der Waals surface area contributed by atoms with E-state index in [0.717, 1.165) is 17.5 Å². The van der Waals surface area contributed by atoms with Gasteiger partial charge >= 0.3 is 0 Å². The zero-order valence-electron chi connectivity index (χ0n) is 13.1. The second-order valence-corrected chi connectivity index (χ2v) is 5.58. The van der Waals surface area contributed by atoms with Crippen LogP contribution in [0.4, 0.5) is 0 Å². The van der Waals surface area contributed by atoms with Gasteiger partial charge in [0.1, 0.15) is 0 Å². The molecule has 110 valence electrons. The van der Waals surface area contributed by atoms with E-state index >= 15 is 0 Å². The minimum absolute atomic E-state index is 0.153. The summed E-state index contributed by atoms with van der Waals surface area (Å²) in [6, 6.07) is 16.6. The Morgan fingerprint density at radius 3 is 2.00 bits per heavy atom. The minimum Gasteiger partial charge on any atom is -0.341 e. The van der Waals surface area contributed by atoms with Gasteiger partial charge in [0.25, 0.3) is 0 Å². The van der Waals surface area contributed by atoms with Crippen molar-refractivity contribution in [3.8, 4) is 0 Å². The van der Waals surface area contributed by atoms with Crippen LogP contribution < -0.4 is 0 Å². The van der Waals surface area contributed by atoms with Crippen molar-refractivity contribution in [2.75, 3.05) is 7.05 Å². The van der Waals surface area contributed by atoms with Gasteiger partial charge in [0.05, 0.1) is 6.42 Å². The van der Waals surface area contributed by atoms with Crippen molar-refractivity contribution in [1.82, 2.24) is 4.90 Å². The molecular weight excluding hydrogens is 258 g/mol. The standard InChI is InChI=1S/C19H23NO/c1-4-16-9-11-17(12-10-16)13-19(21)20(3)14-18-7-5-15(2)6-8-18/h5-12H,4,13-14H2,1-3H3. The van der Waals surface area contributed by atoms with Gasteiger partial charge < -0.3 is 4.90 Å². The van der Waals surface area contributed by atoms with Gasteiger partial charge in [-0.15, -0.1) is 0 Å². The third-order valence-corrected chi connectivity index (χ3v) is 3.75. The smallest absolute Gasteiger partial charge is 0.227 e. The fourth-order valence-electron chi connectivity index (χ4n) is 2.26. The number of benzene rings is 2. The number of carbonyl (C=O) groups excluding carboxylic acids is 1. The van der Waals surface area contributed by atoms with E-state index in [-0.39, 0.29) is 5.91 Å². The van der Waals surface area contributed by atoms with Gasteiger partial charge in [-0.2, -0.15) is 0 Å². The normalized spacial score (nSPS) is 10.4. The molecule has 0 heterocycles. The number of aryl methyl sites for hydroxylation is 2. The lowest BCUT2D eigenvalue weighted by atomic mass is 10.1. The van der Waals surface area contributed by atoms with Crippen molar-refractivity contribution < 1.29 is 4.79 Å². The van der Waals surface area contributed by atoms with Crippen LogP contribution in [0, 0.1) is 6.92 Å². The second-order valence-electron chi connectivity index (χ2n) is 5.58. The number of rotatable bonds is 5. The summed E-state index contributed by atoms with van der Waals surface area (Å²) < 4.78 is 0. The van der Waals surface area contributed by atoms with Crippen LogP contribution in [-0.2, 0) is 24.2 Å². The third-order valence-electron chi connectivity index (χ3n) is 3.75. The molecular formula is C19H23NO. The summed E-state index contributed by atoms with van der Waals surface area (Å²) >= 11 is 0. The van der Waals surface area contributed by atoms with Crippen LogP contribution in [-0.4, -0.2) is 17.9 Å². The Labute approximate surface area is 127 Å². The lowest BCUT2D eigenvalue weighted by Gasteiger charge is -2.17. The first-order chi connectivity index (χ1) is 10.1. The first-order valence-corrected chi connectivity index (χ1v) is 7.46. The number of carbonyl (C=O) groups is 1. The van der Waals surface area contributed by atoms with E-state index in [0.29, 0.717) is 13.0 Å². The predicted molar refractivity (Wildman–Crippen MR) is 87.2 cm³/mol. The molecule has 0 saturated heterocycles. The molecule has 2 aromatic rings. The predicted octanol–water partition coefficient (Wildman–Crippen LogP) is 3.76. The topological polar surface area (TPSA) is 20.3 Å². The number of hydrogen-bond acceptors (Lipinski definition) is 1. The van der Waals surface area contributed by atoms with E-state index in [1.165, 1.54) is 11.1 Å². The second kappa shape index (κ2) is 7.07. The highest BCUT2D eigenvalue weighted by Crippen LogP contribution is 2.10. The fourth-order valence-corrected chi connectivity index (χ4v) is 2.26. The van der Waals surface area contributed by atoms with Crippen molar-refractivity contribution in [2.24, 2.45) is 0 Å². The van der Waals surface area contributed by atoms with Crippen LogP contribution in [0.3, 0.4) is 0 Å². The average molecular weight is 281 g/mol. The van der Waals surface area contributed by atoms with Crippen LogP contribution in [0.5, 0.6) is 0 Å². The molecule has 0 spiro atoms. The molecule has 0 saturated carbocycles. The van der Waals surface area contributed by atoms with Crippen molar-refractivity contribution in [3.63, 3.8) is 0 Å². The first-order valence-electron chi connectivity index (χ1n) is 7.46. The van der Waals surface area contributed by atoms with E-state index in [9.17, 15) is 4.79 Å². The Morgan fingerprint density at radius 2 is 1.43 bits per heavy atom. The zero-order chi connectivity index (χ0) is 15.2. The molecule has 2 nitrogen and oxygen atoms in total.